The van der Waals surface area contributed by atoms with Gasteiger partial charge in [-0.2, -0.15) is 0 Å². The van der Waals surface area contributed by atoms with E-state index >= 15 is 0 Å². The van der Waals surface area contributed by atoms with Crippen molar-refractivity contribution in [3.05, 3.63) is 47.5 Å². The first-order valence-electron chi connectivity index (χ1n) is 5.87. The number of methoxy groups -OCH3 is 1. The molecule has 2 rings (SSSR count). The molecule has 1 atom stereocenters. The van der Waals surface area contributed by atoms with E-state index in [0.717, 1.165) is 0 Å². The van der Waals surface area contributed by atoms with Crippen molar-refractivity contribution in [3.63, 3.8) is 0 Å². The van der Waals surface area contributed by atoms with Crippen LogP contribution in [0.2, 0.25) is 0 Å². The van der Waals surface area contributed by atoms with E-state index in [2.05, 4.69) is 0 Å². The molecule has 0 saturated carbocycles. The van der Waals surface area contributed by atoms with Gasteiger partial charge in [0.2, 0.25) is 0 Å². The lowest BCUT2D eigenvalue weighted by atomic mass is 10.0. The smallest absolute Gasteiger partial charge is 0.334 e. The van der Waals surface area contributed by atoms with Crippen molar-refractivity contribution in [2.75, 3.05) is 7.11 Å². The number of benzene rings is 1. The minimum Gasteiger partial charge on any atom is -0.501 e. The second kappa shape index (κ2) is 5.67. The van der Waals surface area contributed by atoms with E-state index < -0.39 is 5.97 Å². The first kappa shape index (κ1) is 12.6. The maximum atomic E-state index is 13.4. The summed E-state index contributed by atoms with van der Waals surface area (Å²) in [5.74, 6) is 0.00330. The molecule has 1 aliphatic heterocycles. The Kier molecular flexibility index (Phi) is 3.97. The number of carbonyl (C=O) groups is 1. The average molecular weight is 250 g/mol. The Bertz CT molecular complexity index is 468. The minimum absolute atomic E-state index is 0.220. The SMILES string of the molecule is COC1=CC(=O)OC(CCc2ccccc2F)C1. The summed E-state index contributed by atoms with van der Waals surface area (Å²) >= 11 is 0. The minimum atomic E-state index is -0.392. The van der Waals surface area contributed by atoms with Crippen molar-refractivity contribution in [3.8, 4) is 0 Å². The number of halogens is 1. The van der Waals surface area contributed by atoms with Gasteiger partial charge in [0.1, 0.15) is 17.7 Å². The summed E-state index contributed by atoms with van der Waals surface area (Å²) in [7, 11) is 1.53. The van der Waals surface area contributed by atoms with Gasteiger partial charge in [0.15, 0.2) is 0 Å². The van der Waals surface area contributed by atoms with E-state index in [0.29, 0.717) is 30.6 Å². The zero-order chi connectivity index (χ0) is 13.0. The summed E-state index contributed by atoms with van der Waals surface area (Å²) in [6, 6.07) is 6.63. The summed E-state index contributed by atoms with van der Waals surface area (Å²) in [5, 5.41) is 0. The molecule has 1 aromatic carbocycles. The van der Waals surface area contributed by atoms with Crippen LogP contribution >= 0.6 is 0 Å². The van der Waals surface area contributed by atoms with E-state index in [1.807, 2.05) is 0 Å². The molecule has 1 aliphatic rings. The second-order valence-electron chi connectivity index (χ2n) is 4.21. The van der Waals surface area contributed by atoms with Gasteiger partial charge < -0.3 is 9.47 Å². The molecular weight excluding hydrogens is 235 g/mol. The fourth-order valence-electron chi connectivity index (χ4n) is 1.98. The van der Waals surface area contributed by atoms with Crippen LogP contribution in [-0.4, -0.2) is 19.2 Å². The quantitative estimate of drug-likeness (QED) is 0.770. The van der Waals surface area contributed by atoms with Crippen molar-refractivity contribution in [1.29, 1.82) is 0 Å². The number of hydrogen-bond acceptors (Lipinski definition) is 3. The van der Waals surface area contributed by atoms with Gasteiger partial charge in [0.05, 0.1) is 13.2 Å². The molecule has 1 unspecified atom stereocenters. The molecule has 0 saturated heterocycles. The van der Waals surface area contributed by atoms with Gasteiger partial charge in [0.25, 0.3) is 0 Å². The van der Waals surface area contributed by atoms with Crippen LogP contribution in [0, 0.1) is 5.82 Å². The second-order valence-corrected chi connectivity index (χ2v) is 4.21. The van der Waals surface area contributed by atoms with Gasteiger partial charge in [-0.05, 0) is 24.5 Å². The van der Waals surface area contributed by atoms with E-state index in [-0.39, 0.29) is 11.9 Å². The fraction of sp³-hybridized carbons (Fsp3) is 0.357. The number of ether oxygens (including phenoxy) is 2. The fourth-order valence-corrected chi connectivity index (χ4v) is 1.98. The topological polar surface area (TPSA) is 35.5 Å². The first-order valence-corrected chi connectivity index (χ1v) is 5.87. The summed E-state index contributed by atoms with van der Waals surface area (Å²) in [6.07, 6.45) is 2.79. The van der Waals surface area contributed by atoms with Crippen LogP contribution in [0.5, 0.6) is 0 Å². The van der Waals surface area contributed by atoms with Crippen molar-refractivity contribution >= 4 is 5.97 Å². The number of aryl methyl sites for hydroxylation is 1. The third kappa shape index (κ3) is 3.09. The van der Waals surface area contributed by atoms with Crippen LogP contribution in [0.15, 0.2) is 36.1 Å². The van der Waals surface area contributed by atoms with Gasteiger partial charge in [-0.1, -0.05) is 18.2 Å². The molecule has 0 bridgehead atoms. The van der Waals surface area contributed by atoms with Gasteiger partial charge in [-0.25, -0.2) is 9.18 Å². The molecule has 0 fully saturated rings. The highest BCUT2D eigenvalue weighted by molar-refractivity contribution is 5.83. The van der Waals surface area contributed by atoms with Crippen molar-refractivity contribution in [2.45, 2.75) is 25.4 Å². The van der Waals surface area contributed by atoms with Crippen LogP contribution < -0.4 is 0 Å². The van der Waals surface area contributed by atoms with Crippen molar-refractivity contribution in [2.24, 2.45) is 0 Å². The molecule has 1 heterocycles. The number of rotatable bonds is 4. The van der Waals surface area contributed by atoms with E-state index in [4.69, 9.17) is 9.47 Å². The molecule has 0 radical (unpaired) electrons. The molecule has 4 heteroatoms. The normalized spacial score (nSPS) is 19.1. The number of cyclic esters (lactones) is 1. The highest BCUT2D eigenvalue weighted by Gasteiger charge is 2.22. The Morgan fingerprint density at radius 2 is 2.22 bits per heavy atom. The van der Waals surface area contributed by atoms with Crippen LogP contribution in [0.1, 0.15) is 18.4 Å². The monoisotopic (exact) mass is 250 g/mol. The van der Waals surface area contributed by atoms with Gasteiger partial charge in [-0.3, -0.25) is 0 Å². The third-order valence-electron chi connectivity index (χ3n) is 2.95. The molecule has 0 N–H and O–H groups in total. The summed E-state index contributed by atoms with van der Waals surface area (Å²) in [6.45, 7) is 0. The molecule has 0 spiro atoms. The number of hydrogen-bond donors (Lipinski definition) is 0. The van der Waals surface area contributed by atoms with E-state index in [1.165, 1.54) is 19.3 Å². The van der Waals surface area contributed by atoms with Crippen LogP contribution in [0.25, 0.3) is 0 Å². The third-order valence-corrected chi connectivity index (χ3v) is 2.95. The molecule has 18 heavy (non-hydrogen) atoms. The molecular formula is C14H15FO3. The van der Waals surface area contributed by atoms with E-state index in [9.17, 15) is 9.18 Å². The lowest BCUT2D eigenvalue weighted by Gasteiger charge is -2.22. The lowest BCUT2D eigenvalue weighted by Crippen LogP contribution is -2.23. The van der Waals surface area contributed by atoms with Crippen LogP contribution in [0.4, 0.5) is 4.39 Å². The Morgan fingerprint density at radius 3 is 2.94 bits per heavy atom. The highest BCUT2D eigenvalue weighted by Crippen LogP contribution is 2.21. The maximum absolute atomic E-state index is 13.4. The van der Waals surface area contributed by atoms with Crippen LogP contribution in [0.3, 0.4) is 0 Å². The zero-order valence-electron chi connectivity index (χ0n) is 10.2. The van der Waals surface area contributed by atoms with Crippen molar-refractivity contribution in [1.82, 2.24) is 0 Å². The van der Waals surface area contributed by atoms with Crippen LogP contribution in [-0.2, 0) is 20.7 Å². The zero-order valence-corrected chi connectivity index (χ0v) is 10.2. The van der Waals surface area contributed by atoms with Crippen molar-refractivity contribution < 1.29 is 18.7 Å². The maximum Gasteiger partial charge on any atom is 0.334 e. The Hall–Kier alpha value is -1.84. The largest absolute Gasteiger partial charge is 0.501 e. The molecule has 0 aliphatic carbocycles. The Morgan fingerprint density at radius 1 is 1.44 bits per heavy atom. The summed E-state index contributed by atoms with van der Waals surface area (Å²) in [4.78, 5) is 11.3. The average Bonchev–Trinajstić information content (AvgIpc) is 2.37. The Labute approximate surface area is 105 Å². The molecule has 96 valence electrons. The van der Waals surface area contributed by atoms with Gasteiger partial charge in [-0.15, -0.1) is 0 Å². The molecule has 0 aromatic heterocycles. The predicted octanol–water partition coefficient (Wildman–Crippen LogP) is 2.60. The van der Waals surface area contributed by atoms with Gasteiger partial charge >= 0.3 is 5.97 Å². The first-order chi connectivity index (χ1) is 8.69. The molecule has 0 amide bonds. The molecule has 1 aromatic rings. The summed E-state index contributed by atoms with van der Waals surface area (Å²) in [5.41, 5.74) is 0.641. The number of esters is 1. The standard InChI is InChI=1S/C14H15FO3/c1-17-12-8-11(18-14(16)9-12)7-6-10-4-2-3-5-13(10)15/h2-5,9,11H,6-8H2,1H3. The highest BCUT2D eigenvalue weighted by atomic mass is 19.1. The Balaban J connectivity index is 1.94. The molecule has 3 nitrogen and oxygen atoms in total. The van der Waals surface area contributed by atoms with E-state index in [1.54, 1.807) is 18.2 Å². The predicted molar refractivity (Wildman–Crippen MR) is 64.3 cm³/mol. The number of carbonyl (C=O) groups excluding carboxylic acids is 1. The van der Waals surface area contributed by atoms with Gasteiger partial charge in [0, 0.05) is 6.42 Å². The lowest BCUT2D eigenvalue weighted by molar-refractivity contribution is -0.145. The summed E-state index contributed by atoms with van der Waals surface area (Å²) < 4.78 is 23.6.